The summed E-state index contributed by atoms with van der Waals surface area (Å²) in [6, 6.07) is 11.3. The van der Waals surface area contributed by atoms with Crippen LogP contribution in [0, 0.1) is 0 Å². The van der Waals surface area contributed by atoms with Gasteiger partial charge in [0.15, 0.2) is 17.3 Å². The molecule has 148 valence electrons. The van der Waals surface area contributed by atoms with Crippen LogP contribution in [-0.2, 0) is 4.79 Å². The number of rotatable bonds is 7. The van der Waals surface area contributed by atoms with E-state index in [4.69, 9.17) is 0 Å². The number of carbonyl (C=O) groups excluding carboxylic acids is 3. The first-order chi connectivity index (χ1) is 14.1. The molecule has 2 aromatic rings. The van der Waals surface area contributed by atoms with Crippen molar-refractivity contribution in [2.24, 2.45) is 0 Å². The van der Waals surface area contributed by atoms with Gasteiger partial charge in [-0.05, 0) is 47.4 Å². The average Bonchev–Trinajstić information content (AvgIpc) is 2.74. The summed E-state index contributed by atoms with van der Waals surface area (Å²) in [5.41, 5.74) is 2.38. The van der Waals surface area contributed by atoms with Gasteiger partial charge in [0.1, 0.15) is 0 Å². The second-order valence-corrected chi connectivity index (χ2v) is 8.08. The fourth-order valence-electron chi connectivity index (χ4n) is 4.35. The van der Waals surface area contributed by atoms with Gasteiger partial charge >= 0.3 is 0 Å². The van der Waals surface area contributed by atoms with Gasteiger partial charge in [-0.3, -0.25) is 14.4 Å². The molecule has 0 aliphatic heterocycles. The van der Waals surface area contributed by atoms with Crippen LogP contribution in [0.25, 0.3) is 10.8 Å². The highest BCUT2D eigenvalue weighted by Gasteiger charge is 2.35. The van der Waals surface area contributed by atoms with Crippen LogP contribution in [0.4, 0.5) is 0 Å². The lowest BCUT2D eigenvalue weighted by Crippen LogP contribution is -2.26. The normalized spacial score (nSPS) is 16.2. The molecule has 29 heavy (non-hydrogen) atoms. The van der Waals surface area contributed by atoms with Crippen molar-refractivity contribution in [3.05, 3.63) is 70.3 Å². The fraction of sp³-hybridized carbons (Fsp3) is 0.346. The number of Topliss-reactive ketones (excluding diaryl/α,β-unsaturated/α-hetero) is 3. The molecule has 0 aromatic heterocycles. The summed E-state index contributed by atoms with van der Waals surface area (Å²) in [7, 11) is 0. The van der Waals surface area contributed by atoms with Gasteiger partial charge in [-0.2, -0.15) is 0 Å². The maximum atomic E-state index is 13.2. The molecule has 2 aliphatic rings. The number of benzene rings is 2. The minimum absolute atomic E-state index is 0.0114. The lowest BCUT2D eigenvalue weighted by molar-refractivity contribution is -0.115. The van der Waals surface area contributed by atoms with E-state index in [0.29, 0.717) is 34.3 Å². The summed E-state index contributed by atoms with van der Waals surface area (Å²) in [6.07, 6.45) is 9.37. The highest BCUT2D eigenvalue weighted by molar-refractivity contribution is 6.31. The van der Waals surface area contributed by atoms with Crippen LogP contribution in [0.15, 0.2) is 59.2 Å². The van der Waals surface area contributed by atoms with E-state index in [9.17, 15) is 14.4 Å². The number of hydrogen-bond donors (Lipinski definition) is 0. The Morgan fingerprint density at radius 2 is 1.41 bits per heavy atom. The Morgan fingerprint density at radius 1 is 0.793 bits per heavy atom. The van der Waals surface area contributed by atoms with E-state index in [1.807, 2.05) is 30.3 Å². The van der Waals surface area contributed by atoms with Gasteiger partial charge in [-0.1, -0.05) is 63.3 Å². The molecule has 0 bridgehead atoms. The van der Waals surface area contributed by atoms with Crippen molar-refractivity contribution >= 4 is 28.1 Å². The first-order valence-corrected chi connectivity index (χ1v) is 10.7. The van der Waals surface area contributed by atoms with E-state index in [2.05, 4.69) is 6.92 Å². The van der Waals surface area contributed by atoms with Gasteiger partial charge in [-0.15, -0.1) is 0 Å². The Balaban J connectivity index is 1.59. The van der Waals surface area contributed by atoms with E-state index in [-0.39, 0.29) is 23.8 Å². The largest absolute Gasteiger partial charge is 0.294 e. The molecule has 0 saturated heterocycles. The summed E-state index contributed by atoms with van der Waals surface area (Å²) in [5.74, 6) is -0.320. The van der Waals surface area contributed by atoms with E-state index < -0.39 is 0 Å². The fourth-order valence-corrected chi connectivity index (χ4v) is 4.35. The third-order valence-corrected chi connectivity index (χ3v) is 6.03. The molecule has 0 amide bonds. The number of carbonyl (C=O) groups is 3. The number of unbranched alkanes of at least 4 members (excludes halogenated alkanes) is 5. The zero-order valence-electron chi connectivity index (χ0n) is 16.9. The van der Waals surface area contributed by atoms with Gasteiger partial charge in [0, 0.05) is 28.7 Å². The molecule has 4 rings (SSSR count). The van der Waals surface area contributed by atoms with Gasteiger partial charge in [0.2, 0.25) is 0 Å². The monoisotopic (exact) mass is 386 g/mol. The van der Waals surface area contributed by atoms with E-state index in [1.54, 1.807) is 12.1 Å². The Bertz CT molecular complexity index is 1070. The predicted octanol–water partition coefficient (Wildman–Crippen LogP) is 6.17. The van der Waals surface area contributed by atoms with Crippen molar-refractivity contribution in [2.75, 3.05) is 0 Å². The third-order valence-electron chi connectivity index (χ3n) is 6.03. The zero-order valence-corrected chi connectivity index (χ0v) is 16.9. The molecule has 0 atom stereocenters. The van der Waals surface area contributed by atoms with Crippen molar-refractivity contribution in [3.63, 3.8) is 0 Å². The molecule has 3 heteroatoms. The van der Waals surface area contributed by atoms with Crippen molar-refractivity contribution in [2.45, 2.75) is 58.3 Å². The van der Waals surface area contributed by atoms with Crippen LogP contribution in [0.3, 0.4) is 0 Å². The number of ketones is 3. The summed E-state index contributed by atoms with van der Waals surface area (Å²) < 4.78 is 0. The predicted molar refractivity (Wildman–Crippen MR) is 115 cm³/mol. The standard InChI is InChI=1S/C26H26O3/c1-2-3-4-5-6-7-12-19-15-22-23(16-24(19)27)26(29)21-14-18-11-9-8-10-17(18)13-20(21)25(22)28/h8-11,13-15H,2-7,12,16H2,1H3. The minimum atomic E-state index is -0.177. The number of fused-ring (bicyclic) bond motifs is 2. The quantitative estimate of drug-likeness (QED) is 0.535. The SMILES string of the molecule is CCCCCCCCC1=CC2=C(CC1=O)C(=O)c1cc3ccccc3cc1C2=O. The van der Waals surface area contributed by atoms with Crippen LogP contribution in [0.1, 0.15) is 79.0 Å². The number of allylic oxidation sites excluding steroid dienone is 4. The smallest absolute Gasteiger partial charge is 0.194 e. The Hall–Kier alpha value is -2.81. The molecule has 2 aliphatic carbocycles. The van der Waals surface area contributed by atoms with E-state index >= 15 is 0 Å². The van der Waals surface area contributed by atoms with Crippen molar-refractivity contribution < 1.29 is 14.4 Å². The average molecular weight is 386 g/mol. The molecule has 0 saturated carbocycles. The lowest BCUT2D eigenvalue weighted by atomic mass is 9.76. The summed E-state index contributed by atoms with van der Waals surface area (Å²) in [6.45, 7) is 2.19. The summed E-state index contributed by atoms with van der Waals surface area (Å²) >= 11 is 0. The molecule has 2 aromatic carbocycles. The van der Waals surface area contributed by atoms with Gasteiger partial charge in [0.25, 0.3) is 0 Å². The topological polar surface area (TPSA) is 51.2 Å². The molecule has 0 fully saturated rings. The molecular weight excluding hydrogens is 360 g/mol. The van der Waals surface area contributed by atoms with Gasteiger partial charge in [0.05, 0.1) is 0 Å². The Morgan fingerprint density at radius 3 is 2.10 bits per heavy atom. The maximum Gasteiger partial charge on any atom is 0.194 e. The van der Waals surface area contributed by atoms with Crippen molar-refractivity contribution in [1.82, 2.24) is 0 Å². The highest BCUT2D eigenvalue weighted by atomic mass is 16.1. The van der Waals surface area contributed by atoms with Crippen molar-refractivity contribution in [1.29, 1.82) is 0 Å². The molecule has 3 nitrogen and oxygen atoms in total. The van der Waals surface area contributed by atoms with Crippen LogP contribution in [0.2, 0.25) is 0 Å². The molecule has 0 unspecified atom stereocenters. The second kappa shape index (κ2) is 8.28. The molecule has 0 heterocycles. The summed E-state index contributed by atoms with van der Waals surface area (Å²) in [4.78, 5) is 38.9. The Kier molecular flexibility index (Phi) is 5.57. The van der Waals surface area contributed by atoms with Crippen LogP contribution in [0.5, 0.6) is 0 Å². The Labute approximate surface area is 171 Å². The first kappa shape index (κ1) is 19.5. The lowest BCUT2D eigenvalue weighted by Gasteiger charge is -2.24. The molecule has 0 radical (unpaired) electrons. The van der Waals surface area contributed by atoms with E-state index in [0.717, 1.165) is 23.6 Å². The van der Waals surface area contributed by atoms with Crippen LogP contribution in [-0.4, -0.2) is 17.3 Å². The van der Waals surface area contributed by atoms with Gasteiger partial charge in [-0.25, -0.2) is 0 Å². The van der Waals surface area contributed by atoms with Crippen LogP contribution < -0.4 is 0 Å². The summed E-state index contributed by atoms with van der Waals surface area (Å²) in [5, 5.41) is 1.87. The molecule has 0 spiro atoms. The molecule has 0 N–H and O–H groups in total. The molecular formula is C26H26O3. The van der Waals surface area contributed by atoms with E-state index in [1.165, 1.54) is 25.7 Å². The van der Waals surface area contributed by atoms with Crippen LogP contribution >= 0.6 is 0 Å². The minimum Gasteiger partial charge on any atom is -0.294 e. The second-order valence-electron chi connectivity index (χ2n) is 8.08. The maximum absolute atomic E-state index is 13.2. The van der Waals surface area contributed by atoms with Crippen molar-refractivity contribution in [3.8, 4) is 0 Å². The highest BCUT2D eigenvalue weighted by Crippen LogP contribution is 2.36. The number of hydrogen-bond acceptors (Lipinski definition) is 3. The first-order valence-electron chi connectivity index (χ1n) is 10.7. The third kappa shape index (κ3) is 3.74. The van der Waals surface area contributed by atoms with Gasteiger partial charge < -0.3 is 0 Å². The zero-order chi connectivity index (χ0) is 20.4.